The summed E-state index contributed by atoms with van der Waals surface area (Å²) >= 11 is 5.83. The van der Waals surface area contributed by atoms with E-state index in [1.165, 1.54) is 18.6 Å². The lowest BCUT2D eigenvalue weighted by Gasteiger charge is -2.08. The van der Waals surface area contributed by atoms with E-state index in [0.29, 0.717) is 22.2 Å². The molecule has 0 radical (unpaired) electrons. The van der Waals surface area contributed by atoms with Crippen molar-refractivity contribution in [2.75, 3.05) is 11.9 Å². The third-order valence-corrected chi connectivity index (χ3v) is 3.55. The Labute approximate surface area is 159 Å². The zero-order valence-corrected chi connectivity index (χ0v) is 14.7. The van der Waals surface area contributed by atoms with Crippen LogP contribution in [0.25, 0.3) is 0 Å². The van der Waals surface area contributed by atoms with Gasteiger partial charge in [-0.15, -0.1) is 0 Å². The van der Waals surface area contributed by atoms with Crippen molar-refractivity contribution >= 4 is 29.2 Å². The van der Waals surface area contributed by atoms with Crippen LogP contribution in [0.3, 0.4) is 0 Å². The lowest BCUT2D eigenvalue weighted by molar-refractivity contribution is -0.119. The van der Waals surface area contributed by atoms with Gasteiger partial charge < -0.3 is 14.8 Å². The van der Waals surface area contributed by atoms with Crippen LogP contribution in [0.5, 0.6) is 11.5 Å². The fraction of sp³-hybridized carbons (Fsp3) is 0.0526. The SMILES string of the molecule is O=C(COC(=O)c1cnccn1)Nc1ccc(Oc2ccc(Cl)cc2)cc1. The molecule has 3 aromatic rings. The van der Waals surface area contributed by atoms with Crippen LogP contribution in [0.4, 0.5) is 5.69 Å². The Morgan fingerprint density at radius 3 is 2.26 bits per heavy atom. The van der Waals surface area contributed by atoms with Crippen molar-refractivity contribution in [1.29, 1.82) is 0 Å². The molecule has 0 spiro atoms. The van der Waals surface area contributed by atoms with E-state index in [1.807, 2.05) is 0 Å². The molecular formula is C19H14ClN3O4. The number of carbonyl (C=O) groups excluding carboxylic acids is 2. The van der Waals surface area contributed by atoms with Crippen LogP contribution in [-0.4, -0.2) is 28.5 Å². The van der Waals surface area contributed by atoms with Crippen molar-refractivity contribution < 1.29 is 19.1 Å². The maximum absolute atomic E-state index is 11.9. The van der Waals surface area contributed by atoms with E-state index in [4.69, 9.17) is 21.1 Å². The van der Waals surface area contributed by atoms with E-state index in [0.717, 1.165) is 0 Å². The van der Waals surface area contributed by atoms with Gasteiger partial charge in [0.15, 0.2) is 12.3 Å². The van der Waals surface area contributed by atoms with Gasteiger partial charge in [-0.05, 0) is 48.5 Å². The minimum atomic E-state index is -0.718. The van der Waals surface area contributed by atoms with Crippen molar-refractivity contribution in [3.8, 4) is 11.5 Å². The fourth-order valence-electron chi connectivity index (χ4n) is 2.05. The second-order valence-electron chi connectivity index (χ2n) is 5.30. The van der Waals surface area contributed by atoms with Gasteiger partial charge in [-0.3, -0.25) is 9.78 Å². The summed E-state index contributed by atoms with van der Waals surface area (Å²) in [6, 6.07) is 13.7. The molecule has 0 saturated carbocycles. The number of aromatic nitrogens is 2. The number of nitrogens with one attached hydrogen (secondary N) is 1. The van der Waals surface area contributed by atoms with Crippen molar-refractivity contribution in [2.45, 2.75) is 0 Å². The molecule has 1 N–H and O–H groups in total. The van der Waals surface area contributed by atoms with Gasteiger partial charge >= 0.3 is 5.97 Å². The average Bonchev–Trinajstić information content (AvgIpc) is 2.70. The Bertz CT molecular complexity index is 916. The molecule has 0 unspecified atom stereocenters. The molecule has 0 aliphatic heterocycles. The van der Waals surface area contributed by atoms with Crippen molar-refractivity contribution in [3.05, 3.63) is 77.8 Å². The summed E-state index contributed by atoms with van der Waals surface area (Å²) in [5.74, 6) is 0.0556. The maximum Gasteiger partial charge on any atom is 0.359 e. The Morgan fingerprint density at radius 1 is 0.963 bits per heavy atom. The molecule has 1 heterocycles. The standard InChI is InChI=1S/C19H14ClN3O4/c20-13-1-5-15(6-2-13)27-16-7-3-14(4-8-16)23-18(24)12-26-19(25)17-11-21-9-10-22-17/h1-11H,12H2,(H,23,24). The number of rotatable bonds is 6. The number of hydrogen-bond acceptors (Lipinski definition) is 6. The maximum atomic E-state index is 11.9. The lowest BCUT2D eigenvalue weighted by atomic mass is 10.3. The molecule has 0 bridgehead atoms. The molecule has 0 atom stereocenters. The number of hydrogen-bond donors (Lipinski definition) is 1. The summed E-state index contributed by atoms with van der Waals surface area (Å²) in [6.07, 6.45) is 4.06. The zero-order chi connectivity index (χ0) is 19.1. The fourth-order valence-corrected chi connectivity index (χ4v) is 2.18. The number of anilines is 1. The van der Waals surface area contributed by atoms with E-state index >= 15 is 0 Å². The van der Waals surface area contributed by atoms with Crippen molar-refractivity contribution in [1.82, 2.24) is 9.97 Å². The minimum Gasteiger partial charge on any atom is -0.457 e. The number of ether oxygens (including phenoxy) is 2. The Morgan fingerprint density at radius 2 is 1.63 bits per heavy atom. The smallest absolute Gasteiger partial charge is 0.359 e. The topological polar surface area (TPSA) is 90.4 Å². The molecule has 136 valence electrons. The third kappa shape index (κ3) is 5.52. The highest BCUT2D eigenvalue weighted by Crippen LogP contribution is 2.24. The molecule has 1 amide bonds. The summed E-state index contributed by atoms with van der Waals surface area (Å²) in [5, 5.41) is 3.25. The first-order valence-corrected chi connectivity index (χ1v) is 8.24. The van der Waals surface area contributed by atoms with Gasteiger partial charge in [-0.25, -0.2) is 9.78 Å². The number of halogens is 1. The summed E-state index contributed by atoms with van der Waals surface area (Å²) < 4.78 is 10.6. The predicted molar refractivity (Wildman–Crippen MR) is 98.9 cm³/mol. The van der Waals surface area contributed by atoms with Gasteiger partial charge in [0.25, 0.3) is 5.91 Å². The van der Waals surface area contributed by atoms with Crippen LogP contribution in [-0.2, 0) is 9.53 Å². The van der Waals surface area contributed by atoms with Crippen LogP contribution >= 0.6 is 11.6 Å². The van der Waals surface area contributed by atoms with E-state index in [1.54, 1.807) is 48.5 Å². The van der Waals surface area contributed by atoms with Crippen LogP contribution in [0.2, 0.25) is 5.02 Å². The second kappa shape index (κ2) is 8.77. The number of nitrogens with zero attached hydrogens (tertiary/aromatic N) is 2. The van der Waals surface area contributed by atoms with Crippen LogP contribution < -0.4 is 10.1 Å². The van der Waals surface area contributed by atoms with Gasteiger partial charge in [-0.1, -0.05) is 11.6 Å². The molecule has 8 heteroatoms. The van der Waals surface area contributed by atoms with Gasteiger partial charge in [0.1, 0.15) is 11.5 Å². The first kappa shape index (κ1) is 18.3. The normalized spacial score (nSPS) is 10.1. The molecule has 2 aromatic carbocycles. The minimum absolute atomic E-state index is 0.0361. The van der Waals surface area contributed by atoms with Gasteiger partial charge in [0, 0.05) is 23.1 Å². The molecule has 27 heavy (non-hydrogen) atoms. The molecular weight excluding hydrogens is 370 g/mol. The Balaban J connectivity index is 1.49. The van der Waals surface area contributed by atoms with Crippen LogP contribution in [0.1, 0.15) is 10.5 Å². The molecule has 1 aromatic heterocycles. The molecule has 3 rings (SSSR count). The molecule has 0 fully saturated rings. The first-order valence-electron chi connectivity index (χ1n) is 7.86. The van der Waals surface area contributed by atoms with E-state index < -0.39 is 18.5 Å². The monoisotopic (exact) mass is 383 g/mol. The molecule has 0 aliphatic carbocycles. The molecule has 7 nitrogen and oxygen atoms in total. The van der Waals surface area contributed by atoms with Gasteiger partial charge in [0.2, 0.25) is 0 Å². The third-order valence-electron chi connectivity index (χ3n) is 3.29. The zero-order valence-electron chi connectivity index (χ0n) is 14.0. The molecule has 0 saturated heterocycles. The number of esters is 1. The van der Waals surface area contributed by atoms with Crippen molar-refractivity contribution in [2.24, 2.45) is 0 Å². The van der Waals surface area contributed by atoms with E-state index in [2.05, 4.69) is 15.3 Å². The number of carbonyl (C=O) groups is 2. The summed E-state index contributed by atoms with van der Waals surface area (Å²) in [4.78, 5) is 31.2. The summed E-state index contributed by atoms with van der Waals surface area (Å²) in [7, 11) is 0. The van der Waals surface area contributed by atoms with E-state index in [-0.39, 0.29) is 5.69 Å². The van der Waals surface area contributed by atoms with Gasteiger partial charge in [-0.2, -0.15) is 0 Å². The Hall–Kier alpha value is -3.45. The van der Waals surface area contributed by atoms with Crippen LogP contribution in [0, 0.1) is 0 Å². The predicted octanol–water partition coefficient (Wildman–Crippen LogP) is 3.72. The van der Waals surface area contributed by atoms with E-state index in [9.17, 15) is 9.59 Å². The quantitative estimate of drug-likeness (QED) is 0.652. The Kier molecular flexibility index (Phi) is 5.96. The second-order valence-corrected chi connectivity index (χ2v) is 5.73. The summed E-state index contributed by atoms with van der Waals surface area (Å²) in [5.41, 5.74) is 0.577. The highest BCUT2D eigenvalue weighted by atomic mass is 35.5. The van der Waals surface area contributed by atoms with Crippen molar-refractivity contribution in [3.63, 3.8) is 0 Å². The van der Waals surface area contributed by atoms with Crippen LogP contribution in [0.15, 0.2) is 67.1 Å². The average molecular weight is 384 g/mol. The highest BCUT2D eigenvalue weighted by Gasteiger charge is 2.11. The first-order chi connectivity index (χ1) is 13.1. The largest absolute Gasteiger partial charge is 0.457 e. The molecule has 0 aliphatic rings. The number of amides is 1. The summed E-state index contributed by atoms with van der Waals surface area (Å²) in [6.45, 7) is -0.432. The van der Waals surface area contributed by atoms with Gasteiger partial charge in [0.05, 0.1) is 6.20 Å². The number of benzene rings is 2. The highest BCUT2D eigenvalue weighted by molar-refractivity contribution is 6.30. The lowest BCUT2D eigenvalue weighted by Crippen LogP contribution is -2.21.